The molecule has 1 aromatic rings. The Hall–Kier alpha value is -1.23. The summed E-state index contributed by atoms with van der Waals surface area (Å²) in [4.78, 5) is 6.11. The fourth-order valence-corrected chi connectivity index (χ4v) is 1.92. The third kappa shape index (κ3) is 2.29. The van der Waals surface area contributed by atoms with Crippen LogP contribution in [0.5, 0.6) is 0 Å². The summed E-state index contributed by atoms with van der Waals surface area (Å²) in [5.41, 5.74) is 6.51. The van der Waals surface area contributed by atoms with Gasteiger partial charge < -0.3 is 10.6 Å². The van der Waals surface area contributed by atoms with E-state index in [9.17, 15) is 8.78 Å². The predicted octanol–water partition coefficient (Wildman–Crippen LogP) is 1.78. The van der Waals surface area contributed by atoms with E-state index >= 15 is 0 Å². The molecule has 0 aromatic carbocycles. The summed E-state index contributed by atoms with van der Waals surface area (Å²) in [7, 11) is 0. The van der Waals surface area contributed by atoms with Crippen LogP contribution in [-0.2, 0) is 6.54 Å². The van der Waals surface area contributed by atoms with E-state index in [1.807, 2.05) is 17.0 Å². The molecule has 2 rings (SSSR count). The van der Waals surface area contributed by atoms with Gasteiger partial charge in [-0.15, -0.1) is 0 Å². The smallest absolute Gasteiger partial charge is 0.251 e. The van der Waals surface area contributed by atoms with Crippen molar-refractivity contribution in [2.75, 3.05) is 18.0 Å². The van der Waals surface area contributed by atoms with E-state index < -0.39 is 5.92 Å². The summed E-state index contributed by atoms with van der Waals surface area (Å²) in [6.45, 7) is 1.07. The van der Waals surface area contributed by atoms with E-state index in [2.05, 4.69) is 4.98 Å². The molecule has 0 spiro atoms. The number of alkyl halides is 2. The number of rotatable bonds is 2. The van der Waals surface area contributed by atoms with Crippen LogP contribution in [0, 0.1) is 0 Å². The van der Waals surface area contributed by atoms with Crippen LogP contribution in [-0.4, -0.2) is 24.0 Å². The van der Waals surface area contributed by atoms with Gasteiger partial charge in [-0.2, -0.15) is 0 Å². The van der Waals surface area contributed by atoms with Crippen LogP contribution in [0.1, 0.15) is 18.4 Å². The van der Waals surface area contributed by atoms with Crippen LogP contribution >= 0.6 is 0 Å². The van der Waals surface area contributed by atoms with Gasteiger partial charge in [0.1, 0.15) is 5.82 Å². The quantitative estimate of drug-likeness (QED) is 0.837. The summed E-state index contributed by atoms with van der Waals surface area (Å²) in [5, 5.41) is 0. The molecule has 0 aliphatic carbocycles. The van der Waals surface area contributed by atoms with Crippen molar-refractivity contribution < 1.29 is 8.78 Å². The molecule has 0 unspecified atom stereocenters. The maximum absolute atomic E-state index is 13.0. The lowest BCUT2D eigenvalue weighted by atomic mass is 10.1. The van der Waals surface area contributed by atoms with E-state index in [0.717, 1.165) is 11.4 Å². The van der Waals surface area contributed by atoms with Gasteiger partial charge in [-0.1, -0.05) is 6.07 Å². The Morgan fingerprint density at radius 3 is 2.69 bits per heavy atom. The summed E-state index contributed by atoms with van der Waals surface area (Å²) in [5.74, 6) is -1.77. The number of pyridine rings is 1. The van der Waals surface area contributed by atoms with Crippen molar-refractivity contribution in [1.82, 2.24) is 4.98 Å². The molecular formula is C11H15F2N3. The largest absolute Gasteiger partial charge is 0.356 e. The third-order valence-electron chi connectivity index (χ3n) is 2.88. The van der Waals surface area contributed by atoms with Crippen molar-refractivity contribution in [3.05, 3.63) is 23.9 Å². The number of hydrogen-bond donors (Lipinski definition) is 1. The maximum Gasteiger partial charge on any atom is 0.251 e. The van der Waals surface area contributed by atoms with Crippen LogP contribution in [0.4, 0.5) is 14.6 Å². The average molecular weight is 227 g/mol. The normalized spacial score (nSPS) is 19.8. The summed E-state index contributed by atoms with van der Waals surface area (Å²) in [6.07, 6.45) is 1.46. The fraction of sp³-hybridized carbons (Fsp3) is 0.545. The van der Waals surface area contributed by atoms with Crippen LogP contribution in [0.25, 0.3) is 0 Å². The van der Waals surface area contributed by atoms with Gasteiger partial charge >= 0.3 is 0 Å². The Labute approximate surface area is 93.3 Å². The zero-order valence-electron chi connectivity index (χ0n) is 9.00. The molecule has 0 atom stereocenters. The van der Waals surface area contributed by atoms with Gasteiger partial charge in [-0.3, -0.25) is 0 Å². The Bertz CT molecular complexity index is 358. The second-order valence-electron chi connectivity index (χ2n) is 4.03. The second-order valence-corrected chi connectivity index (χ2v) is 4.03. The molecule has 88 valence electrons. The van der Waals surface area contributed by atoms with Gasteiger partial charge in [0.15, 0.2) is 0 Å². The van der Waals surface area contributed by atoms with Gasteiger partial charge in [0.2, 0.25) is 0 Å². The molecule has 1 aliphatic heterocycles. The highest BCUT2D eigenvalue weighted by atomic mass is 19.3. The highest BCUT2D eigenvalue weighted by Gasteiger charge is 2.34. The van der Waals surface area contributed by atoms with Crippen LogP contribution in [0.15, 0.2) is 18.3 Å². The first-order chi connectivity index (χ1) is 7.62. The number of aromatic nitrogens is 1. The molecule has 2 N–H and O–H groups in total. The first-order valence-corrected chi connectivity index (χ1v) is 5.39. The summed E-state index contributed by atoms with van der Waals surface area (Å²) in [6, 6.07) is 3.69. The zero-order valence-corrected chi connectivity index (χ0v) is 9.00. The van der Waals surface area contributed by atoms with Crippen LogP contribution in [0.3, 0.4) is 0 Å². The molecule has 1 aliphatic rings. The van der Waals surface area contributed by atoms with Crippen molar-refractivity contribution in [1.29, 1.82) is 0 Å². The molecule has 2 heterocycles. The number of anilines is 1. The van der Waals surface area contributed by atoms with Gasteiger partial charge in [0.05, 0.1) is 0 Å². The van der Waals surface area contributed by atoms with Gasteiger partial charge in [0.25, 0.3) is 5.92 Å². The van der Waals surface area contributed by atoms with E-state index in [0.29, 0.717) is 19.6 Å². The number of hydrogen-bond acceptors (Lipinski definition) is 3. The molecule has 0 saturated carbocycles. The predicted molar refractivity (Wildman–Crippen MR) is 58.5 cm³/mol. The van der Waals surface area contributed by atoms with E-state index in [1.54, 1.807) is 6.20 Å². The molecule has 0 amide bonds. The van der Waals surface area contributed by atoms with Crippen molar-refractivity contribution in [2.24, 2.45) is 5.73 Å². The minimum Gasteiger partial charge on any atom is -0.356 e. The van der Waals surface area contributed by atoms with Crippen molar-refractivity contribution >= 4 is 5.82 Å². The average Bonchev–Trinajstić information content (AvgIpc) is 2.29. The monoisotopic (exact) mass is 227 g/mol. The Balaban J connectivity index is 2.14. The van der Waals surface area contributed by atoms with Gasteiger partial charge in [-0.05, 0) is 6.07 Å². The number of nitrogens with zero attached hydrogens (tertiary/aromatic N) is 2. The summed E-state index contributed by atoms with van der Waals surface area (Å²) >= 11 is 0. The lowest BCUT2D eigenvalue weighted by Gasteiger charge is -2.33. The lowest BCUT2D eigenvalue weighted by Crippen LogP contribution is -2.40. The van der Waals surface area contributed by atoms with Crippen molar-refractivity contribution in [3.8, 4) is 0 Å². The van der Waals surface area contributed by atoms with E-state index in [1.165, 1.54) is 0 Å². The number of piperidine rings is 1. The van der Waals surface area contributed by atoms with Crippen LogP contribution in [0.2, 0.25) is 0 Å². The molecule has 0 radical (unpaired) electrons. The van der Waals surface area contributed by atoms with E-state index in [-0.39, 0.29) is 12.8 Å². The summed E-state index contributed by atoms with van der Waals surface area (Å²) < 4.78 is 26.0. The molecule has 1 aromatic heterocycles. The standard InChI is InChI=1S/C11H15F2N3/c12-11(13)3-6-16(7-4-11)10-9(8-14)2-1-5-15-10/h1-2,5H,3-4,6-8,14H2. The number of halogens is 2. The second kappa shape index (κ2) is 4.33. The SMILES string of the molecule is NCc1cccnc1N1CCC(F)(F)CC1. The minimum atomic E-state index is -2.52. The highest BCUT2D eigenvalue weighted by Crippen LogP contribution is 2.30. The first kappa shape index (κ1) is 11.3. The molecule has 5 heteroatoms. The molecule has 0 bridgehead atoms. The fourth-order valence-electron chi connectivity index (χ4n) is 1.92. The minimum absolute atomic E-state index is 0.104. The topological polar surface area (TPSA) is 42.1 Å². The van der Waals surface area contributed by atoms with Gasteiger partial charge in [-0.25, -0.2) is 13.8 Å². The Morgan fingerprint density at radius 1 is 1.38 bits per heavy atom. The Kier molecular flexibility index (Phi) is 3.05. The van der Waals surface area contributed by atoms with Crippen LogP contribution < -0.4 is 10.6 Å². The first-order valence-electron chi connectivity index (χ1n) is 5.39. The number of nitrogens with two attached hydrogens (primary N) is 1. The van der Waals surface area contributed by atoms with Gasteiger partial charge in [0, 0.05) is 44.2 Å². The molecule has 1 saturated heterocycles. The van der Waals surface area contributed by atoms with E-state index in [4.69, 9.17) is 5.73 Å². The molecule has 3 nitrogen and oxygen atoms in total. The zero-order chi connectivity index (χ0) is 11.6. The van der Waals surface area contributed by atoms with Crippen molar-refractivity contribution in [3.63, 3.8) is 0 Å². The molecular weight excluding hydrogens is 212 g/mol. The van der Waals surface area contributed by atoms with Crippen molar-refractivity contribution in [2.45, 2.75) is 25.3 Å². The Morgan fingerprint density at radius 2 is 2.06 bits per heavy atom. The third-order valence-corrected chi connectivity index (χ3v) is 2.88. The molecule has 1 fully saturated rings. The lowest BCUT2D eigenvalue weighted by molar-refractivity contribution is -0.0221. The maximum atomic E-state index is 13.0. The molecule has 16 heavy (non-hydrogen) atoms. The highest BCUT2D eigenvalue weighted by molar-refractivity contribution is 5.47.